The van der Waals surface area contributed by atoms with Gasteiger partial charge in [-0.05, 0) is 58.4 Å². The zero-order chi connectivity index (χ0) is 18.3. The van der Waals surface area contributed by atoms with Crippen LogP contribution in [0.3, 0.4) is 0 Å². The highest BCUT2D eigenvalue weighted by Gasteiger charge is 2.19. The van der Waals surface area contributed by atoms with E-state index in [1.807, 2.05) is 5.38 Å². The number of halogens is 3. The number of amides is 1. The Hall–Kier alpha value is -2.58. The summed E-state index contributed by atoms with van der Waals surface area (Å²) in [7, 11) is 0. The molecule has 26 heavy (non-hydrogen) atoms. The van der Waals surface area contributed by atoms with Crippen LogP contribution >= 0.6 is 27.3 Å². The monoisotopic (exact) mass is 433 g/mol. The highest BCUT2D eigenvalue weighted by molar-refractivity contribution is 9.10. The van der Waals surface area contributed by atoms with Crippen LogP contribution in [0.1, 0.15) is 10.4 Å². The van der Waals surface area contributed by atoms with Gasteiger partial charge in [0.1, 0.15) is 23.1 Å². The van der Waals surface area contributed by atoms with E-state index < -0.39 is 11.7 Å². The lowest BCUT2D eigenvalue weighted by molar-refractivity contribution is 0.102. The van der Waals surface area contributed by atoms with Crippen LogP contribution in [0, 0.1) is 11.6 Å². The number of aromatic nitrogens is 2. The summed E-state index contributed by atoms with van der Waals surface area (Å²) < 4.78 is 29.0. The lowest BCUT2D eigenvalue weighted by Gasteiger charge is -2.09. The predicted molar refractivity (Wildman–Crippen MR) is 101 cm³/mol. The molecule has 1 amide bonds. The number of imidazole rings is 1. The van der Waals surface area contributed by atoms with Crippen molar-refractivity contribution in [3.8, 4) is 11.3 Å². The fourth-order valence-corrected chi connectivity index (χ4v) is 3.70. The largest absolute Gasteiger partial charge is 0.306 e. The molecule has 0 saturated carbocycles. The first-order valence-electron chi connectivity index (χ1n) is 7.51. The molecule has 0 bridgehead atoms. The molecule has 0 radical (unpaired) electrons. The Bertz CT molecular complexity index is 1120. The van der Waals surface area contributed by atoms with Gasteiger partial charge in [-0.15, -0.1) is 11.3 Å². The number of nitrogens with zero attached hydrogens (tertiary/aromatic N) is 2. The Morgan fingerprint density at radius 1 is 1.12 bits per heavy atom. The van der Waals surface area contributed by atoms with E-state index in [-0.39, 0.29) is 11.4 Å². The Morgan fingerprint density at radius 3 is 2.62 bits per heavy atom. The van der Waals surface area contributed by atoms with Gasteiger partial charge in [0.2, 0.25) is 0 Å². The second-order valence-corrected chi connectivity index (χ2v) is 7.18. The molecule has 2 aromatic heterocycles. The first-order chi connectivity index (χ1) is 12.5. The standard InChI is InChI=1S/C18H10BrF2N3OS/c19-14-6-5-12(21)9-13(14)17(25)23-16-15(10-1-3-11(20)4-2-10)22-18-24(16)7-8-26-18/h1-9H,(H,23,25). The zero-order valence-electron chi connectivity index (χ0n) is 13.0. The summed E-state index contributed by atoms with van der Waals surface area (Å²) in [5, 5.41) is 4.63. The molecule has 4 nitrogen and oxygen atoms in total. The molecule has 0 fully saturated rings. The second-order valence-electron chi connectivity index (χ2n) is 5.45. The van der Waals surface area contributed by atoms with E-state index in [9.17, 15) is 13.6 Å². The van der Waals surface area contributed by atoms with E-state index in [0.29, 0.717) is 26.5 Å². The van der Waals surface area contributed by atoms with Gasteiger partial charge in [0.15, 0.2) is 4.96 Å². The Balaban J connectivity index is 1.79. The molecule has 0 aliphatic heterocycles. The highest BCUT2D eigenvalue weighted by Crippen LogP contribution is 2.31. The third-order valence-electron chi connectivity index (χ3n) is 3.78. The Kier molecular flexibility index (Phi) is 4.29. The minimum Gasteiger partial charge on any atom is -0.306 e. The molecular weight excluding hydrogens is 424 g/mol. The number of anilines is 1. The predicted octanol–water partition coefficient (Wildman–Crippen LogP) is 5.36. The fourth-order valence-electron chi connectivity index (χ4n) is 2.56. The van der Waals surface area contributed by atoms with Gasteiger partial charge >= 0.3 is 0 Å². The smallest absolute Gasteiger partial charge is 0.258 e. The molecule has 2 aromatic carbocycles. The van der Waals surface area contributed by atoms with Gasteiger partial charge in [-0.25, -0.2) is 13.8 Å². The van der Waals surface area contributed by atoms with Crippen molar-refractivity contribution in [3.05, 3.63) is 75.7 Å². The van der Waals surface area contributed by atoms with E-state index in [4.69, 9.17) is 0 Å². The van der Waals surface area contributed by atoms with Crippen LogP contribution in [-0.4, -0.2) is 15.3 Å². The molecule has 0 saturated heterocycles. The number of benzene rings is 2. The average Bonchev–Trinajstić information content (AvgIpc) is 3.20. The van der Waals surface area contributed by atoms with Crippen molar-refractivity contribution in [2.24, 2.45) is 0 Å². The number of carbonyl (C=O) groups is 1. The third-order valence-corrected chi connectivity index (χ3v) is 5.23. The van der Waals surface area contributed by atoms with Crippen molar-refractivity contribution in [3.63, 3.8) is 0 Å². The van der Waals surface area contributed by atoms with Gasteiger partial charge in [-0.1, -0.05) is 0 Å². The molecule has 0 spiro atoms. The molecule has 0 atom stereocenters. The topological polar surface area (TPSA) is 46.4 Å². The molecule has 4 rings (SSSR count). The number of fused-ring (bicyclic) bond motifs is 1. The maximum absolute atomic E-state index is 13.5. The minimum absolute atomic E-state index is 0.167. The van der Waals surface area contributed by atoms with Gasteiger partial charge in [0.25, 0.3) is 5.91 Å². The van der Waals surface area contributed by atoms with Gasteiger partial charge < -0.3 is 5.32 Å². The van der Waals surface area contributed by atoms with Crippen molar-refractivity contribution in [1.29, 1.82) is 0 Å². The second kappa shape index (κ2) is 6.62. The summed E-state index contributed by atoms with van der Waals surface area (Å²) in [6, 6.07) is 9.74. The number of nitrogens with one attached hydrogen (secondary N) is 1. The lowest BCUT2D eigenvalue weighted by atomic mass is 10.1. The first kappa shape index (κ1) is 16.9. The summed E-state index contributed by atoms with van der Waals surface area (Å²) in [5.74, 6) is -0.906. The van der Waals surface area contributed by atoms with E-state index in [0.717, 1.165) is 6.07 Å². The van der Waals surface area contributed by atoms with Gasteiger partial charge in [-0.3, -0.25) is 9.20 Å². The third kappa shape index (κ3) is 3.02. The molecule has 8 heteroatoms. The van der Waals surface area contributed by atoms with Crippen molar-refractivity contribution >= 4 is 44.0 Å². The van der Waals surface area contributed by atoms with Crippen LogP contribution in [0.15, 0.2) is 58.5 Å². The molecule has 0 aliphatic rings. The fraction of sp³-hybridized carbons (Fsp3) is 0. The minimum atomic E-state index is -0.508. The zero-order valence-corrected chi connectivity index (χ0v) is 15.4. The Morgan fingerprint density at radius 2 is 1.85 bits per heavy atom. The lowest BCUT2D eigenvalue weighted by Crippen LogP contribution is -2.14. The van der Waals surface area contributed by atoms with Crippen LogP contribution in [0.5, 0.6) is 0 Å². The molecule has 130 valence electrons. The first-order valence-corrected chi connectivity index (χ1v) is 9.18. The van der Waals surface area contributed by atoms with Crippen LogP contribution in [0.4, 0.5) is 14.6 Å². The number of rotatable bonds is 3. The van der Waals surface area contributed by atoms with Gasteiger partial charge in [-0.2, -0.15) is 0 Å². The van der Waals surface area contributed by atoms with E-state index in [2.05, 4.69) is 26.2 Å². The van der Waals surface area contributed by atoms with Crippen molar-refractivity contribution < 1.29 is 13.6 Å². The summed E-state index contributed by atoms with van der Waals surface area (Å²) >= 11 is 4.67. The van der Waals surface area contributed by atoms with E-state index in [1.165, 1.54) is 35.6 Å². The SMILES string of the molecule is O=C(Nc1c(-c2ccc(F)cc2)nc2sccn12)c1cc(F)ccc1Br. The molecule has 0 aliphatic carbocycles. The molecular formula is C18H10BrF2N3OS. The maximum atomic E-state index is 13.5. The maximum Gasteiger partial charge on any atom is 0.258 e. The van der Waals surface area contributed by atoms with Gasteiger partial charge in [0.05, 0.1) is 5.56 Å². The van der Waals surface area contributed by atoms with E-state index >= 15 is 0 Å². The summed E-state index contributed by atoms with van der Waals surface area (Å²) in [5.41, 5.74) is 1.34. The van der Waals surface area contributed by atoms with Crippen molar-refractivity contribution in [2.75, 3.05) is 5.32 Å². The summed E-state index contributed by atoms with van der Waals surface area (Å²) in [6.07, 6.45) is 1.77. The summed E-state index contributed by atoms with van der Waals surface area (Å²) in [6.45, 7) is 0. The quantitative estimate of drug-likeness (QED) is 0.472. The van der Waals surface area contributed by atoms with E-state index in [1.54, 1.807) is 22.7 Å². The molecule has 2 heterocycles. The van der Waals surface area contributed by atoms with Crippen LogP contribution in [0.25, 0.3) is 16.2 Å². The number of thiazole rings is 1. The number of carbonyl (C=O) groups excluding carboxylic acids is 1. The molecule has 0 unspecified atom stereocenters. The van der Waals surface area contributed by atoms with Crippen LogP contribution in [-0.2, 0) is 0 Å². The van der Waals surface area contributed by atoms with Gasteiger partial charge in [0, 0.05) is 21.6 Å². The highest BCUT2D eigenvalue weighted by atomic mass is 79.9. The average molecular weight is 434 g/mol. The summed E-state index contributed by atoms with van der Waals surface area (Å²) in [4.78, 5) is 17.9. The van der Waals surface area contributed by atoms with Crippen molar-refractivity contribution in [2.45, 2.75) is 0 Å². The molecule has 1 N–H and O–H groups in total. The number of hydrogen-bond acceptors (Lipinski definition) is 3. The van der Waals surface area contributed by atoms with Crippen LogP contribution < -0.4 is 5.32 Å². The van der Waals surface area contributed by atoms with Crippen LogP contribution in [0.2, 0.25) is 0 Å². The molecule has 4 aromatic rings. The number of hydrogen-bond donors (Lipinski definition) is 1. The normalized spacial score (nSPS) is 11.0. The Labute approximate surface area is 159 Å². The van der Waals surface area contributed by atoms with Crippen molar-refractivity contribution in [1.82, 2.24) is 9.38 Å².